The first-order valence-corrected chi connectivity index (χ1v) is 8.50. The molecule has 0 spiro atoms. The molecule has 6 heteroatoms. The lowest BCUT2D eigenvalue weighted by molar-refractivity contribution is -0.137. The van der Waals surface area contributed by atoms with Crippen LogP contribution in [0.4, 0.5) is 0 Å². The Morgan fingerprint density at radius 3 is 2.27 bits per heavy atom. The summed E-state index contributed by atoms with van der Waals surface area (Å²) < 4.78 is 5.09. The first-order chi connectivity index (χ1) is 12.6. The summed E-state index contributed by atoms with van der Waals surface area (Å²) >= 11 is 6.00. The molecule has 1 aliphatic heterocycles. The van der Waals surface area contributed by atoms with E-state index in [1.165, 1.54) is 11.0 Å². The predicted octanol–water partition coefficient (Wildman–Crippen LogP) is 3.58. The highest BCUT2D eigenvalue weighted by Crippen LogP contribution is 2.22. The highest BCUT2D eigenvalue weighted by atomic mass is 35.5. The van der Waals surface area contributed by atoms with Crippen molar-refractivity contribution >= 4 is 35.5 Å². The molecule has 5 nitrogen and oxygen atoms in total. The zero-order valence-corrected chi connectivity index (χ0v) is 14.6. The number of carbonyl (C=O) groups is 3. The van der Waals surface area contributed by atoms with Crippen LogP contribution in [0, 0.1) is 0 Å². The lowest BCUT2D eigenvalue weighted by atomic mass is 10.1. The van der Waals surface area contributed by atoms with Gasteiger partial charge in [0.2, 0.25) is 0 Å². The third-order valence-corrected chi connectivity index (χ3v) is 4.30. The smallest absolute Gasteiger partial charge is 0.330 e. The number of carbonyl (C=O) groups excluding carboxylic acids is 3. The molecule has 0 saturated heterocycles. The Balaban J connectivity index is 1.46. The Hall–Kier alpha value is -2.92. The monoisotopic (exact) mass is 369 g/mol. The zero-order valence-electron chi connectivity index (χ0n) is 13.9. The van der Waals surface area contributed by atoms with Crippen molar-refractivity contribution in [1.82, 2.24) is 4.90 Å². The molecule has 132 valence electrons. The number of nitrogens with zero attached hydrogens (tertiary/aromatic N) is 1. The minimum Gasteiger partial charge on any atom is -0.462 e. The molecule has 0 aromatic heterocycles. The number of imide groups is 1. The van der Waals surface area contributed by atoms with Gasteiger partial charge in [-0.05, 0) is 36.3 Å². The highest BCUT2D eigenvalue weighted by molar-refractivity contribution is 6.32. The zero-order chi connectivity index (χ0) is 18.5. The first kappa shape index (κ1) is 17.9. The first-order valence-electron chi connectivity index (χ1n) is 8.12. The molecule has 0 aliphatic carbocycles. The van der Waals surface area contributed by atoms with Crippen LogP contribution in [0.5, 0.6) is 0 Å². The molecule has 0 saturated carbocycles. The Morgan fingerprint density at radius 1 is 1.00 bits per heavy atom. The van der Waals surface area contributed by atoms with Crippen molar-refractivity contribution in [3.8, 4) is 0 Å². The number of hydrogen-bond donors (Lipinski definition) is 0. The summed E-state index contributed by atoms with van der Waals surface area (Å²) in [6, 6.07) is 13.9. The van der Waals surface area contributed by atoms with E-state index < -0.39 is 5.97 Å². The van der Waals surface area contributed by atoms with Crippen molar-refractivity contribution in [1.29, 1.82) is 0 Å². The summed E-state index contributed by atoms with van der Waals surface area (Å²) in [6.45, 7) is 0.312. The molecule has 26 heavy (non-hydrogen) atoms. The van der Waals surface area contributed by atoms with Crippen molar-refractivity contribution in [2.45, 2.75) is 6.42 Å². The molecule has 1 aliphatic rings. The van der Waals surface area contributed by atoms with Crippen LogP contribution in [-0.2, 0) is 9.53 Å². The van der Waals surface area contributed by atoms with Crippen LogP contribution >= 0.6 is 11.6 Å². The normalized spacial score (nSPS) is 13.3. The topological polar surface area (TPSA) is 63.7 Å². The highest BCUT2D eigenvalue weighted by Gasteiger charge is 2.34. The molecule has 0 fully saturated rings. The molecule has 2 aromatic carbocycles. The second-order valence-electron chi connectivity index (χ2n) is 5.68. The van der Waals surface area contributed by atoms with E-state index in [9.17, 15) is 14.4 Å². The largest absolute Gasteiger partial charge is 0.462 e. The van der Waals surface area contributed by atoms with Crippen LogP contribution in [0.15, 0.2) is 54.6 Å². The van der Waals surface area contributed by atoms with Gasteiger partial charge in [0.05, 0.1) is 17.7 Å². The van der Waals surface area contributed by atoms with Gasteiger partial charge in [-0.15, -0.1) is 0 Å². The maximum atomic E-state index is 12.2. The third-order valence-electron chi connectivity index (χ3n) is 3.95. The van der Waals surface area contributed by atoms with Crippen molar-refractivity contribution in [2.24, 2.45) is 0 Å². The molecule has 3 rings (SSSR count). The third kappa shape index (κ3) is 3.83. The van der Waals surface area contributed by atoms with Crippen LogP contribution in [0.2, 0.25) is 5.02 Å². The van der Waals surface area contributed by atoms with Crippen molar-refractivity contribution in [3.05, 3.63) is 76.3 Å². The quantitative estimate of drug-likeness (QED) is 0.338. The van der Waals surface area contributed by atoms with E-state index in [0.717, 1.165) is 5.56 Å². The molecule has 0 N–H and O–H groups in total. The van der Waals surface area contributed by atoms with Gasteiger partial charge in [-0.1, -0.05) is 41.9 Å². The Labute approximate surface area is 155 Å². The van der Waals surface area contributed by atoms with Gasteiger partial charge >= 0.3 is 5.97 Å². The molecular weight excluding hydrogens is 354 g/mol. The van der Waals surface area contributed by atoms with Gasteiger partial charge in [-0.25, -0.2) is 4.79 Å². The standard InChI is InChI=1S/C20H16ClNO4/c21-17-9-4-1-6-14(17)10-11-18(23)26-13-5-12-22-19(24)15-7-2-3-8-16(15)20(22)25/h1-4,6-11H,5,12-13H2. The van der Waals surface area contributed by atoms with E-state index in [-0.39, 0.29) is 25.0 Å². The summed E-state index contributed by atoms with van der Waals surface area (Å²) in [6.07, 6.45) is 3.25. The number of benzene rings is 2. The average molecular weight is 370 g/mol. The van der Waals surface area contributed by atoms with Gasteiger partial charge in [0.25, 0.3) is 11.8 Å². The lowest BCUT2D eigenvalue weighted by Crippen LogP contribution is -2.31. The van der Waals surface area contributed by atoms with Crippen LogP contribution in [0.1, 0.15) is 32.7 Å². The van der Waals surface area contributed by atoms with Gasteiger partial charge < -0.3 is 4.74 Å². The fourth-order valence-corrected chi connectivity index (χ4v) is 2.85. The molecule has 1 heterocycles. The fourth-order valence-electron chi connectivity index (χ4n) is 2.65. The molecule has 0 bridgehead atoms. The Morgan fingerprint density at radius 2 is 1.62 bits per heavy atom. The summed E-state index contributed by atoms with van der Waals surface area (Å²) in [7, 11) is 0. The molecular formula is C20H16ClNO4. The average Bonchev–Trinajstić information content (AvgIpc) is 2.89. The van der Waals surface area contributed by atoms with Crippen LogP contribution in [-0.4, -0.2) is 35.8 Å². The van der Waals surface area contributed by atoms with Crippen LogP contribution in [0.3, 0.4) is 0 Å². The van der Waals surface area contributed by atoms with E-state index in [0.29, 0.717) is 22.6 Å². The van der Waals surface area contributed by atoms with E-state index in [1.54, 1.807) is 48.5 Å². The van der Waals surface area contributed by atoms with E-state index in [1.807, 2.05) is 6.07 Å². The van der Waals surface area contributed by atoms with E-state index in [2.05, 4.69) is 0 Å². The maximum Gasteiger partial charge on any atom is 0.330 e. The number of amides is 2. The van der Waals surface area contributed by atoms with Crippen molar-refractivity contribution in [2.75, 3.05) is 13.2 Å². The molecule has 2 amide bonds. The molecule has 0 unspecified atom stereocenters. The molecule has 0 radical (unpaired) electrons. The number of ether oxygens (including phenoxy) is 1. The minimum atomic E-state index is -0.507. The number of fused-ring (bicyclic) bond motifs is 1. The summed E-state index contributed by atoms with van der Waals surface area (Å²) in [5.41, 5.74) is 1.55. The van der Waals surface area contributed by atoms with Gasteiger partial charge in [0.15, 0.2) is 0 Å². The Bertz CT molecular complexity index is 856. The molecule has 2 aromatic rings. The van der Waals surface area contributed by atoms with Gasteiger partial charge in [0.1, 0.15) is 0 Å². The summed E-state index contributed by atoms with van der Waals surface area (Å²) in [5.74, 6) is -1.13. The number of rotatable bonds is 6. The van der Waals surface area contributed by atoms with Crippen LogP contribution in [0.25, 0.3) is 6.08 Å². The number of esters is 1. The SMILES string of the molecule is O=C(C=Cc1ccccc1Cl)OCCCN1C(=O)c2ccccc2C1=O. The minimum absolute atomic E-state index is 0.110. The van der Waals surface area contributed by atoms with Gasteiger partial charge in [-0.2, -0.15) is 0 Å². The predicted molar refractivity (Wildman–Crippen MR) is 97.9 cm³/mol. The van der Waals surface area contributed by atoms with Gasteiger partial charge in [-0.3, -0.25) is 14.5 Å². The van der Waals surface area contributed by atoms with E-state index >= 15 is 0 Å². The number of halogens is 1. The fraction of sp³-hybridized carbons (Fsp3) is 0.150. The van der Waals surface area contributed by atoms with Crippen molar-refractivity contribution < 1.29 is 19.1 Å². The van der Waals surface area contributed by atoms with Crippen molar-refractivity contribution in [3.63, 3.8) is 0 Å². The van der Waals surface area contributed by atoms with Gasteiger partial charge in [0, 0.05) is 17.6 Å². The Kier molecular flexibility index (Phi) is 5.49. The summed E-state index contributed by atoms with van der Waals surface area (Å²) in [5, 5.41) is 0.544. The van der Waals surface area contributed by atoms with E-state index in [4.69, 9.17) is 16.3 Å². The lowest BCUT2D eigenvalue weighted by Gasteiger charge is -2.13. The number of hydrogen-bond acceptors (Lipinski definition) is 4. The maximum absolute atomic E-state index is 12.2. The molecule has 0 atom stereocenters. The summed E-state index contributed by atoms with van der Waals surface area (Å²) in [4.78, 5) is 37.3. The van der Waals surface area contributed by atoms with Crippen LogP contribution < -0.4 is 0 Å². The second-order valence-corrected chi connectivity index (χ2v) is 6.09. The second kappa shape index (κ2) is 7.97.